The Labute approximate surface area is 121 Å². The van der Waals surface area contributed by atoms with Gasteiger partial charge < -0.3 is 9.47 Å². The summed E-state index contributed by atoms with van der Waals surface area (Å²) in [5, 5.41) is 16.3. The van der Waals surface area contributed by atoms with Crippen molar-refractivity contribution < 1.29 is 14.3 Å². The van der Waals surface area contributed by atoms with Crippen LogP contribution in [-0.4, -0.2) is 42.7 Å². The van der Waals surface area contributed by atoms with E-state index in [4.69, 9.17) is 9.47 Å². The predicted octanol–water partition coefficient (Wildman–Crippen LogP) is 1.33. The third kappa shape index (κ3) is 3.18. The molecule has 0 saturated carbocycles. The smallest absolute Gasteiger partial charge is 0.435 e. The molecule has 1 atom stereocenters. The lowest BCUT2D eigenvalue weighted by Gasteiger charge is -2.10. The molecule has 0 radical (unpaired) electrons. The van der Waals surface area contributed by atoms with E-state index in [1.165, 1.54) is 4.80 Å². The number of ether oxygens (including phenoxy) is 2. The van der Waals surface area contributed by atoms with Crippen LogP contribution in [0, 0.1) is 0 Å². The number of hydrogen-bond donors (Lipinski definition) is 0. The molecule has 1 unspecified atom stereocenters. The molecule has 0 aromatic carbocycles. The summed E-state index contributed by atoms with van der Waals surface area (Å²) in [5.74, 6) is 0.436. The van der Waals surface area contributed by atoms with Gasteiger partial charge in [0.25, 0.3) is 0 Å². The monoisotopic (exact) mass is 294 g/mol. The molecule has 2 aromatic rings. The van der Waals surface area contributed by atoms with Crippen LogP contribution < -0.4 is 0 Å². The van der Waals surface area contributed by atoms with E-state index in [0.717, 1.165) is 17.7 Å². The first-order valence-electron chi connectivity index (χ1n) is 6.70. The van der Waals surface area contributed by atoms with Gasteiger partial charge in [-0.25, -0.2) is 4.79 Å². The van der Waals surface area contributed by atoms with E-state index in [9.17, 15) is 4.79 Å². The summed E-state index contributed by atoms with van der Waals surface area (Å²) in [6, 6.07) is 0. The number of aryl methyl sites for hydroxylation is 2. The van der Waals surface area contributed by atoms with Gasteiger partial charge in [0, 0.05) is 12.6 Å². The van der Waals surface area contributed by atoms with Crippen LogP contribution in [0.1, 0.15) is 32.6 Å². The zero-order valence-corrected chi connectivity index (χ0v) is 12.5. The van der Waals surface area contributed by atoms with E-state index in [-0.39, 0.29) is 6.61 Å². The van der Waals surface area contributed by atoms with Crippen molar-refractivity contribution in [2.45, 2.75) is 33.4 Å². The summed E-state index contributed by atoms with van der Waals surface area (Å²) < 4.78 is 11.4. The van der Waals surface area contributed by atoms with E-state index in [1.807, 2.05) is 14.0 Å². The molecule has 0 fully saturated rings. The van der Waals surface area contributed by atoms with Crippen LogP contribution in [0.4, 0.5) is 4.79 Å². The molecule has 21 heavy (non-hydrogen) atoms. The normalized spacial score (nSPS) is 12.2. The van der Waals surface area contributed by atoms with Crippen molar-refractivity contribution in [1.82, 2.24) is 30.0 Å². The van der Waals surface area contributed by atoms with Crippen LogP contribution in [0.5, 0.6) is 0 Å². The Hall–Kier alpha value is -2.45. The highest BCUT2D eigenvalue weighted by molar-refractivity contribution is 5.59. The van der Waals surface area contributed by atoms with E-state index in [0.29, 0.717) is 5.82 Å². The van der Waals surface area contributed by atoms with E-state index < -0.39 is 12.4 Å². The molecular weight excluding hydrogens is 276 g/mol. The average molecular weight is 294 g/mol. The van der Waals surface area contributed by atoms with Crippen molar-refractivity contribution in [2.75, 3.05) is 6.61 Å². The van der Waals surface area contributed by atoms with Crippen molar-refractivity contribution in [3.8, 4) is 11.5 Å². The van der Waals surface area contributed by atoms with E-state index >= 15 is 0 Å². The van der Waals surface area contributed by atoms with E-state index in [2.05, 4.69) is 20.5 Å². The highest BCUT2D eigenvalue weighted by atomic mass is 16.7. The number of hydrogen-bond acceptors (Lipinski definition) is 7. The molecule has 0 N–H and O–H groups in total. The number of tetrazole rings is 1. The highest BCUT2D eigenvalue weighted by Crippen LogP contribution is 2.19. The molecule has 9 heteroatoms. The Bertz CT molecular complexity index is 620. The first-order chi connectivity index (χ1) is 10.1. The Morgan fingerprint density at radius 2 is 2.19 bits per heavy atom. The molecule has 0 amide bonds. The maximum absolute atomic E-state index is 11.3. The first kappa shape index (κ1) is 14.9. The van der Waals surface area contributed by atoms with Gasteiger partial charge in [0.15, 0.2) is 0 Å². The number of aromatic nitrogens is 6. The average Bonchev–Trinajstić information content (AvgIpc) is 3.04. The lowest BCUT2D eigenvalue weighted by atomic mass is 10.2. The summed E-state index contributed by atoms with van der Waals surface area (Å²) in [6.45, 7) is 5.60. The van der Waals surface area contributed by atoms with Crippen molar-refractivity contribution in [3.63, 3.8) is 0 Å². The minimum Gasteiger partial charge on any atom is -0.435 e. The lowest BCUT2D eigenvalue weighted by molar-refractivity contribution is -0.00513. The molecule has 2 aromatic heterocycles. The first-order valence-corrected chi connectivity index (χ1v) is 6.70. The lowest BCUT2D eigenvalue weighted by Crippen LogP contribution is -2.18. The minimum absolute atomic E-state index is 0.246. The molecule has 0 aliphatic carbocycles. The van der Waals surface area contributed by atoms with Crippen LogP contribution in [0.3, 0.4) is 0 Å². The second-order valence-corrected chi connectivity index (χ2v) is 4.33. The number of nitrogens with zero attached hydrogens (tertiary/aromatic N) is 6. The van der Waals surface area contributed by atoms with E-state index in [1.54, 1.807) is 24.7 Å². The zero-order valence-electron chi connectivity index (χ0n) is 12.5. The highest BCUT2D eigenvalue weighted by Gasteiger charge is 2.19. The quantitative estimate of drug-likeness (QED) is 0.767. The maximum atomic E-state index is 11.3. The Morgan fingerprint density at radius 1 is 1.43 bits per heavy atom. The van der Waals surface area contributed by atoms with Gasteiger partial charge in [0.2, 0.25) is 12.1 Å². The van der Waals surface area contributed by atoms with Crippen LogP contribution >= 0.6 is 0 Å². The SMILES string of the molecule is CCOC(=O)OC(C)n1nnc(-c2c(CC)cnn2C)n1. The summed E-state index contributed by atoms with van der Waals surface area (Å²) in [5.41, 5.74) is 1.82. The third-order valence-electron chi connectivity index (χ3n) is 2.89. The topological polar surface area (TPSA) is 97.0 Å². The molecule has 0 spiro atoms. The molecule has 2 heterocycles. The number of rotatable bonds is 5. The molecule has 2 rings (SSSR count). The number of carbonyl (C=O) groups excluding carboxylic acids is 1. The Kier molecular flexibility index (Phi) is 4.51. The van der Waals surface area contributed by atoms with Gasteiger partial charge in [0.05, 0.1) is 12.8 Å². The van der Waals surface area contributed by atoms with Gasteiger partial charge in [-0.3, -0.25) is 4.68 Å². The second kappa shape index (κ2) is 6.33. The molecule has 0 aliphatic heterocycles. The fourth-order valence-corrected chi connectivity index (χ4v) is 1.84. The van der Waals surface area contributed by atoms with Gasteiger partial charge in [-0.1, -0.05) is 6.92 Å². The van der Waals surface area contributed by atoms with Crippen LogP contribution in [0.2, 0.25) is 0 Å². The largest absolute Gasteiger partial charge is 0.510 e. The molecule has 0 aliphatic rings. The fraction of sp³-hybridized carbons (Fsp3) is 0.583. The third-order valence-corrected chi connectivity index (χ3v) is 2.89. The minimum atomic E-state index is -0.765. The molecular formula is C12H18N6O3. The molecule has 0 bridgehead atoms. The van der Waals surface area contributed by atoms with Gasteiger partial charge in [-0.2, -0.15) is 5.10 Å². The van der Waals surface area contributed by atoms with Gasteiger partial charge >= 0.3 is 6.16 Å². The summed E-state index contributed by atoms with van der Waals surface area (Å²) >= 11 is 0. The predicted molar refractivity (Wildman–Crippen MR) is 72.2 cm³/mol. The molecule has 0 saturated heterocycles. The Morgan fingerprint density at radius 3 is 2.86 bits per heavy atom. The van der Waals surface area contributed by atoms with Crippen molar-refractivity contribution in [3.05, 3.63) is 11.8 Å². The maximum Gasteiger partial charge on any atom is 0.510 e. The summed E-state index contributed by atoms with van der Waals surface area (Å²) in [4.78, 5) is 12.5. The molecule has 9 nitrogen and oxygen atoms in total. The van der Waals surface area contributed by atoms with Crippen molar-refractivity contribution >= 4 is 6.16 Å². The van der Waals surface area contributed by atoms with Crippen LogP contribution in [0.25, 0.3) is 11.5 Å². The zero-order chi connectivity index (χ0) is 15.4. The standard InChI is InChI=1S/C12H18N6O3/c1-5-9-7-13-17(4)10(9)11-14-16-18(15-11)8(3)21-12(19)20-6-2/h7-8H,5-6H2,1-4H3. The van der Waals surface area contributed by atoms with Gasteiger partial charge in [-0.05, 0) is 25.5 Å². The summed E-state index contributed by atoms with van der Waals surface area (Å²) in [7, 11) is 1.81. The van der Waals surface area contributed by atoms with Crippen LogP contribution in [-0.2, 0) is 22.9 Å². The van der Waals surface area contributed by atoms with Gasteiger partial charge in [-0.15, -0.1) is 15.0 Å². The Balaban J connectivity index is 2.18. The molecule has 114 valence electrons. The van der Waals surface area contributed by atoms with Gasteiger partial charge in [0.1, 0.15) is 5.69 Å². The van der Waals surface area contributed by atoms with Crippen molar-refractivity contribution in [1.29, 1.82) is 0 Å². The second-order valence-electron chi connectivity index (χ2n) is 4.33. The number of carbonyl (C=O) groups is 1. The van der Waals surface area contributed by atoms with Crippen LogP contribution in [0.15, 0.2) is 6.20 Å². The van der Waals surface area contributed by atoms with Crippen molar-refractivity contribution in [2.24, 2.45) is 7.05 Å². The fourth-order valence-electron chi connectivity index (χ4n) is 1.84. The summed E-state index contributed by atoms with van der Waals surface area (Å²) in [6.07, 6.45) is 1.11.